The number of halogens is 1. The summed E-state index contributed by atoms with van der Waals surface area (Å²) in [4.78, 5) is 27.7. The van der Waals surface area contributed by atoms with Gasteiger partial charge in [-0.25, -0.2) is 9.37 Å². The molecule has 28 heavy (non-hydrogen) atoms. The lowest BCUT2D eigenvalue weighted by molar-refractivity contribution is -0.114. The molecule has 6 nitrogen and oxygen atoms in total. The van der Waals surface area contributed by atoms with E-state index >= 15 is 0 Å². The second-order valence-electron chi connectivity index (χ2n) is 6.09. The molecule has 7 heteroatoms. The van der Waals surface area contributed by atoms with Gasteiger partial charge in [0.05, 0.1) is 0 Å². The van der Waals surface area contributed by atoms with Crippen LogP contribution in [0.4, 0.5) is 21.6 Å². The third-order valence-corrected chi connectivity index (χ3v) is 3.90. The van der Waals surface area contributed by atoms with Crippen LogP contribution in [0.25, 0.3) is 0 Å². The highest BCUT2D eigenvalue weighted by atomic mass is 19.1. The van der Waals surface area contributed by atoms with Gasteiger partial charge in [0.2, 0.25) is 5.91 Å². The quantitative estimate of drug-likeness (QED) is 0.604. The molecule has 2 aromatic carbocycles. The Bertz CT molecular complexity index is 990. The Morgan fingerprint density at radius 2 is 1.64 bits per heavy atom. The van der Waals surface area contributed by atoms with Gasteiger partial charge >= 0.3 is 0 Å². The number of amides is 2. The average Bonchev–Trinajstić information content (AvgIpc) is 2.69. The summed E-state index contributed by atoms with van der Waals surface area (Å²) >= 11 is 0. The number of carbonyl (C=O) groups is 2. The topological polar surface area (TPSA) is 83.1 Å². The number of hydrogen-bond acceptors (Lipinski definition) is 4. The minimum atomic E-state index is -0.302. The fourth-order valence-electron chi connectivity index (χ4n) is 2.54. The first-order valence-corrected chi connectivity index (χ1v) is 8.63. The molecule has 0 atom stereocenters. The van der Waals surface area contributed by atoms with Crippen LogP contribution in [-0.2, 0) is 11.3 Å². The zero-order chi connectivity index (χ0) is 19.9. The maximum Gasteiger partial charge on any atom is 0.255 e. The van der Waals surface area contributed by atoms with Crippen LogP contribution in [0.15, 0.2) is 66.9 Å². The van der Waals surface area contributed by atoms with E-state index in [2.05, 4.69) is 20.9 Å². The molecule has 2 amide bonds. The Morgan fingerprint density at radius 3 is 2.32 bits per heavy atom. The number of anilines is 3. The van der Waals surface area contributed by atoms with E-state index in [0.717, 1.165) is 0 Å². The predicted molar refractivity (Wildman–Crippen MR) is 107 cm³/mol. The lowest BCUT2D eigenvalue weighted by atomic mass is 10.2. The van der Waals surface area contributed by atoms with Crippen molar-refractivity contribution in [3.8, 4) is 0 Å². The number of benzene rings is 2. The second kappa shape index (κ2) is 8.77. The molecule has 0 bridgehead atoms. The molecule has 0 saturated carbocycles. The number of nitrogens with one attached hydrogen (secondary N) is 3. The zero-order valence-electron chi connectivity index (χ0n) is 15.2. The summed E-state index contributed by atoms with van der Waals surface area (Å²) < 4.78 is 13.7. The zero-order valence-corrected chi connectivity index (χ0v) is 15.2. The minimum Gasteiger partial charge on any atom is -0.366 e. The average molecular weight is 378 g/mol. The standard InChI is InChI=1S/C21H19FN4O2/c1-14(27)25-17-6-8-18(9-7-17)26-21(28)15-10-11-23-20(12-15)24-13-16-4-2-3-5-19(16)22/h2-12H,13H2,1H3,(H,23,24)(H,25,27)(H,26,28). The van der Waals surface area contributed by atoms with Crippen LogP contribution in [0.2, 0.25) is 0 Å². The van der Waals surface area contributed by atoms with E-state index in [1.807, 2.05) is 0 Å². The van der Waals surface area contributed by atoms with Gasteiger partial charge in [0.25, 0.3) is 5.91 Å². The highest BCUT2D eigenvalue weighted by molar-refractivity contribution is 6.04. The summed E-state index contributed by atoms with van der Waals surface area (Å²) in [5, 5.41) is 8.46. The molecular formula is C21H19FN4O2. The van der Waals surface area contributed by atoms with Crippen LogP contribution in [0.3, 0.4) is 0 Å². The third-order valence-electron chi connectivity index (χ3n) is 3.90. The van der Waals surface area contributed by atoms with E-state index < -0.39 is 0 Å². The molecule has 1 aromatic heterocycles. The minimum absolute atomic E-state index is 0.163. The van der Waals surface area contributed by atoms with Crippen molar-refractivity contribution in [1.82, 2.24) is 4.98 Å². The predicted octanol–water partition coefficient (Wildman–Crippen LogP) is 4.04. The highest BCUT2D eigenvalue weighted by Crippen LogP contribution is 2.16. The van der Waals surface area contributed by atoms with E-state index in [1.54, 1.807) is 54.6 Å². The lowest BCUT2D eigenvalue weighted by Crippen LogP contribution is -2.13. The fraction of sp³-hybridized carbons (Fsp3) is 0.0952. The number of hydrogen-bond donors (Lipinski definition) is 3. The second-order valence-corrected chi connectivity index (χ2v) is 6.09. The molecule has 1 heterocycles. The summed E-state index contributed by atoms with van der Waals surface area (Å²) in [6, 6.07) is 16.4. The van der Waals surface area contributed by atoms with Crippen molar-refractivity contribution in [3.63, 3.8) is 0 Å². The summed E-state index contributed by atoms with van der Waals surface area (Å²) in [5.41, 5.74) is 2.17. The van der Waals surface area contributed by atoms with Gasteiger partial charge in [-0.1, -0.05) is 18.2 Å². The van der Waals surface area contributed by atoms with Crippen molar-refractivity contribution in [2.24, 2.45) is 0 Å². The summed E-state index contributed by atoms with van der Waals surface area (Å²) in [5.74, 6) is -0.295. The molecule has 0 fully saturated rings. The molecule has 0 aliphatic rings. The molecule has 142 valence electrons. The Morgan fingerprint density at radius 1 is 0.964 bits per heavy atom. The molecule has 0 aliphatic heterocycles. The summed E-state index contributed by atoms with van der Waals surface area (Å²) in [7, 11) is 0. The number of carbonyl (C=O) groups excluding carboxylic acids is 2. The molecule has 0 spiro atoms. The molecule has 0 saturated heterocycles. The van der Waals surface area contributed by atoms with Crippen LogP contribution in [0.1, 0.15) is 22.8 Å². The van der Waals surface area contributed by atoms with Crippen LogP contribution >= 0.6 is 0 Å². The number of nitrogens with zero attached hydrogens (tertiary/aromatic N) is 1. The maximum absolute atomic E-state index is 13.7. The molecule has 0 radical (unpaired) electrons. The van der Waals surface area contributed by atoms with Gasteiger partial charge in [-0.2, -0.15) is 0 Å². The molecule has 0 unspecified atom stereocenters. The molecular weight excluding hydrogens is 359 g/mol. The van der Waals surface area contributed by atoms with Gasteiger partial charge in [0.1, 0.15) is 11.6 Å². The van der Waals surface area contributed by atoms with Gasteiger partial charge in [-0.05, 0) is 42.5 Å². The molecule has 0 aliphatic carbocycles. The number of aromatic nitrogens is 1. The Labute approximate surface area is 161 Å². The maximum atomic E-state index is 13.7. The molecule has 3 rings (SSSR count). The SMILES string of the molecule is CC(=O)Nc1ccc(NC(=O)c2ccnc(NCc3ccccc3F)c2)cc1. The first-order valence-electron chi connectivity index (χ1n) is 8.63. The fourth-order valence-corrected chi connectivity index (χ4v) is 2.54. The van der Waals surface area contributed by atoms with Gasteiger partial charge < -0.3 is 16.0 Å². The number of pyridine rings is 1. The van der Waals surface area contributed by atoms with E-state index in [0.29, 0.717) is 28.3 Å². The van der Waals surface area contributed by atoms with E-state index in [4.69, 9.17) is 0 Å². The highest BCUT2D eigenvalue weighted by Gasteiger charge is 2.08. The van der Waals surface area contributed by atoms with Crippen molar-refractivity contribution in [2.45, 2.75) is 13.5 Å². The Hall–Kier alpha value is -3.74. The van der Waals surface area contributed by atoms with Gasteiger partial charge in [0, 0.05) is 42.2 Å². The van der Waals surface area contributed by atoms with E-state index in [-0.39, 0.29) is 24.2 Å². The van der Waals surface area contributed by atoms with Crippen LogP contribution < -0.4 is 16.0 Å². The van der Waals surface area contributed by atoms with Crippen molar-refractivity contribution in [2.75, 3.05) is 16.0 Å². The third kappa shape index (κ3) is 5.14. The summed E-state index contributed by atoms with van der Waals surface area (Å²) in [6.07, 6.45) is 1.51. The van der Waals surface area contributed by atoms with E-state index in [1.165, 1.54) is 19.2 Å². The Kier molecular flexibility index (Phi) is 5.96. The van der Waals surface area contributed by atoms with E-state index in [9.17, 15) is 14.0 Å². The first kappa shape index (κ1) is 19.0. The van der Waals surface area contributed by atoms with Crippen LogP contribution in [0.5, 0.6) is 0 Å². The van der Waals surface area contributed by atoms with Gasteiger partial charge in [-0.3, -0.25) is 9.59 Å². The van der Waals surface area contributed by atoms with Crippen molar-refractivity contribution < 1.29 is 14.0 Å². The van der Waals surface area contributed by atoms with Crippen molar-refractivity contribution in [1.29, 1.82) is 0 Å². The largest absolute Gasteiger partial charge is 0.366 e. The molecule has 3 N–H and O–H groups in total. The smallest absolute Gasteiger partial charge is 0.255 e. The van der Waals surface area contributed by atoms with Crippen LogP contribution in [0, 0.1) is 5.82 Å². The summed E-state index contributed by atoms with van der Waals surface area (Å²) in [6.45, 7) is 1.69. The van der Waals surface area contributed by atoms with Crippen molar-refractivity contribution in [3.05, 3.63) is 83.8 Å². The molecule has 3 aromatic rings. The van der Waals surface area contributed by atoms with Gasteiger partial charge in [-0.15, -0.1) is 0 Å². The lowest BCUT2D eigenvalue weighted by Gasteiger charge is -2.09. The first-order chi connectivity index (χ1) is 13.5. The van der Waals surface area contributed by atoms with Crippen molar-refractivity contribution >= 4 is 29.0 Å². The van der Waals surface area contributed by atoms with Crippen LogP contribution in [-0.4, -0.2) is 16.8 Å². The van der Waals surface area contributed by atoms with Gasteiger partial charge in [0.15, 0.2) is 0 Å². The number of rotatable bonds is 6. The Balaban J connectivity index is 1.63. The monoisotopic (exact) mass is 378 g/mol. The normalized spacial score (nSPS) is 10.2.